The van der Waals surface area contributed by atoms with Crippen molar-refractivity contribution < 1.29 is 13.2 Å². The molecule has 1 saturated heterocycles. The second-order valence-electron chi connectivity index (χ2n) is 6.35. The molecule has 21 heavy (non-hydrogen) atoms. The highest BCUT2D eigenvalue weighted by atomic mass is 32.2. The predicted molar refractivity (Wildman–Crippen MR) is 82.9 cm³/mol. The maximum absolute atomic E-state index is 12.8. The first kappa shape index (κ1) is 16.3. The van der Waals surface area contributed by atoms with Crippen molar-refractivity contribution in [1.82, 2.24) is 4.31 Å². The third-order valence-electron chi connectivity index (χ3n) is 4.28. The normalized spacial score (nSPS) is 23.0. The highest BCUT2D eigenvalue weighted by Gasteiger charge is 2.39. The molecule has 1 unspecified atom stereocenters. The Hall–Kier alpha value is -1.11. The number of sulfonamides is 1. The summed E-state index contributed by atoms with van der Waals surface area (Å²) in [4.78, 5) is 0.342. The van der Waals surface area contributed by atoms with Gasteiger partial charge in [0.15, 0.2) is 0 Å². The maximum atomic E-state index is 12.8. The molecule has 0 amide bonds. The first-order valence-corrected chi connectivity index (χ1v) is 8.53. The predicted octanol–water partition coefficient (Wildman–Crippen LogP) is 1.75. The van der Waals surface area contributed by atoms with Gasteiger partial charge in [-0.25, -0.2) is 8.42 Å². The topological polar surface area (TPSA) is 72.6 Å². The van der Waals surface area contributed by atoms with E-state index in [1.807, 2.05) is 13.8 Å². The molecule has 0 spiro atoms. The van der Waals surface area contributed by atoms with Gasteiger partial charge in [-0.15, -0.1) is 0 Å². The van der Waals surface area contributed by atoms with Gasteiger partial charge in [0, 0.05) is 19.1 Å². The number of methoxy groups -OCH3 is 1. The Kier molecular flexibility index (Phi) is 4.33. The fourth-order valence-electron chi connectivity index (χ4n) is 2.71. The molecule has 1 aromatic carbocycles. The van der Waals surface area contributed by atoms with Crippen LogP contribution in [-0.4, -0.2) is 39.0 Å². The number of hydrogen-bond donors (Lipinski definition) is 1. The molecule has 1 fully saturated rings. The molecule has 2 rings (SSSR count). The Balaban J connectivity index is 2.35. The van der Waals surface area contributed by atoms with Crippen LogP contribution in [0.2, 0.25) is 0 Å². The van der Waals surface area contributed by atoms with Gasteiger partial charge < -0.3 is 10.5 Å². The van der Waals surface area contributed by atoms with Crippen molar-refractivity contribution in [2.45, 2.75) is 38.1 Å². The zero-order valence-electron chi connectivity index (χ0n) is 13.1. The summed E-state index contributed by atoms with van der Waals surface area (Å²) < 4.78 is 32.4. The van der Waals surface area contributed by atoms with Crippen LogP contribution in [0.5, 0.6) is 5.75 Å². The molecular formula is C15H24N2O3S. The van der Waals surface area contributed by atoms with Crippen LogP contribution in [-0.2, 0) is 10.0 Å². The molecular weight excluding hydrogens is 288 g/mol. The molecule has 118 valence electrons. The van der Waals surface area contributed by atoms with E-state index in [1.165, 1.54) is 0 Å². The number of rotatable bonds is 3. The van der Waals surface area contributed by atoms with E-state index in [2.05, 4.69) is 0 Å². The molecule has 6 heteroatoms. The van der Waals surface area contributed by atoms with Crippen LogP contribution in [0.15, 0.2) is 23.1 Å². The second kappa shape index (κ2) is 5.59. The SMILES string of the molecule is COc1ccc(S(=O)(=O)N2CCC(N)C(C)(C)C2)c(C)c1. The van der Waals surface area contributed by atoms with E-state index in [9.17, 15) is 8.42 Å². The van der Waals surface area contributed by atoms with Crippen LogP contribution in [0.25, 0.3) is 0 Å². The third kappa shape index (κ3) is 3.07. The monoisotopic (exact) mass is 312 g/mol. The van der Waals surface area contributed by atoms with Crippen LogP contribution < -0.4 is 10.5 Å². The van der Waals surface area contributed by atoms with Crippen LogP contribution in [0.4, 0.5) is 0 Å². The lowest BCUT2D eigenvalue weighted by atomic mass is 9.81. The zero-order valence-corrected chi connectivity index (χ0v) is 13.9. The molecule has 0 bridgehead atoms. The molecule has 1 aliphatic rings. The summed E-state index contributed by atoms with van der Waals surface area (Å²) in [6.45, 7) is 6.73. The van der Waals surface area contributed by atoms with Crippen molar-refractivity contribution in [3.05, 3.63) is 23.8 Å². The minimum atomic E-state index is -3.49. The van der Waals surface area contributed by atoms with Crippen LogP contribution in [0.3, 0.4) is 0 Å². The van der Waals surface area contributed by atoms with Crippen LogP contribution in [0.1, 0.15) is 25.8 Å². The molecule has 0 aliphatic carbocycles. The second-order valence-corrected chi connectivity index (χ2v) is 8.26. The van der Waals surface area contributed by atoms with Crippen LogP contribution >= 0.6 is 0 Å². The fraction of sp³-hybridized carbons (Fsp3) is 0.600. The Morgan fingerprint density at radius 1 is 1.38 bits per heavy atom. The van der Waals surface area contributed by atoms with Gasteiger partial charge in [-0.05, 0) is 42.5 Å². The molecule has 0 radical (unpaired) electrons. The number of aryl methyl sites for hydroxylation is 1. The lowest BCUT2D eigenvalue weighted by molar-refractivity contribution is 0.155. The summed E-state index contributed by atoms with van der Waals surface area (Å²) in [6.07, 6.45) is 0.682. The molecule has 0 aromatic heterocycles. The van der Waals surface area contributed by atoms with Gasteiger partial charge in [0.05, 0.1) is 12.0 Å². The van der Waals surface area contributed by atoms with Crippen molar-refractivity contribution in [2.24, 2.45) is 11.1 Å². The van der Waals surface area contributed by atoms with E-state index in [1.54, 1.807) is 36.5 Å². The molecule has 0 saturated carbocycles. The quantitative estimate of drug-likeness (QED) is 0.923. The van der Waals surface area contributed by atoms with Gasteiger partial charge in [0.2, 0.25) is 10.0 Å². The average Bonchev–Trinajstić information content (AvgIpc) is 2.41. The van der Waals surface area contributed by atoms with Crippen molar-refractivity contribution >= 4 is 10.0 Å². The van der Waals surface area contributed by atoms with E-state index >= 15 is 0 Å². The summed E-state index contributed by atoms with van der Waals surface area (Å²) in [5, 5.41) is 0. The van der Waals surface area contributed by atoms with E-state index in [-0.39, 0.29) is 11.5 Å². The molecule has 2 N–H and O–H groups in total. The highest BCUT2D eigenvalue weighted by Crippen LogP contribution is 2.32. The zero-order chi connectivity index (χ0) is 15.8. The fourth-order valence-corrected chi connectivity index (χ4v) is 4.54. The van der Waals surface area contributed by atoms with E-state index in [4.69, 9.17) is 10.5 Å². The van der Waals surface area contributed by atoms with Crippen LogP contribution in [0, 0.1) is 12.3 Å². The van der Waals surface area contributed by atoms with Gasteiger partial charge in [0.1, 0.15) is 5.75 Å². The Morgan fingerprint density at radius 3 is 2.57 bits per heavy atom. The van der Waals surface area contributed by atoms with Gasteiger partial charge in [0.25, 0.3) is 0 Å². The number of benzene rings is 1. The number of nitrogens with zero attached hydrogens (tertiary/aromatic N) is 1. The molecule has 1 heterocycles. The molecule has 1 atom stereocenters. The smallest absolute Gasteiger partial charge is 0.243 e. The highest BCUT2D eigenvalue weighted by molar-refractivity contribution is 7.89. The maximum Gasteiger partial charge on any atom is 0.243 e. The van der Waals surface area contributed by atoms with E-state index in [0.29, 0.717) is 35.7 Å². The summed E-state index contributed by atoms with van der Waals surface area (Å²) in [6, 6.07) is 5.07. The summed E-state index contributed by atoms with van der Waals surface area (Å²) in [7, 11) is -1.92. The van der Waals surface area contributed by atoms with Gasteiger partial charge in [-0.1, -0.05) is 13.8 Å². The molecule has 1 aromatic rings. The number of nitrogens with two attached hydrogens (primary N) is 1. The largest absolute Gasteiger partial charge is 0.497 e. The number of ether oxygens (including phenoxy) is 1. The van der Waals surface area contributed by atoms with Gasteiger partial charge in [-0.2, -0.15) is 4.31 Å². The standard InChI is InChI=1S/C15H24N2O3S/c1-11-9-12(20-4)5-6-13(11)21(18,19)17-8-7-14(16)15(2,3)10-17/h5-6,9,14H,7-8,10,16H2,1-4H3. The Bertz CT molecular complexity index is 626. The summed E-state index contributed by atoms with van der Waals surface area (Å²) in [5.74, 6) is 0.660. The Labute approximate surface area is 127 Å². The first-order chi connectivity index (χ1) is 9.68. The van der Waals surface area contributed by atoms with Crippen molar-refractivity contribution in [3.63, 3.8) is 0 Å². The first-order valence-electron chi connectivity index (χ1n) is 7.09. The lowest BCUT2D eigenvalue weighted by Gasteiger charge is -2.41. The minimum Gasteiger partial charge on any atom is -0.497 e. The number of hydrogen-bond acceptors (Lipinski definition) is 4. The summed E-state index contributed by atoms with van der Waals surface area (Å²) >= 11 is 0. The molecule has 1 aliphatic heterocycles. The Morgan fingerprint density at radius 2 is 2.05 bits per heavy atom. The third-order valence-corrected chi connectivity index (χ3v) is 6.28. The number of piperidine rings is 1. The van der Waals surface area contributed by atoms with Gasteiger partial charge in [-0.3, -0.25) is 0 Å². The summed E-state index contributed by atoms with van der Waals surface area (Å²) in [5.41, 5.74) is 6.57. The van der Waals surface area contributed by atoms with Crippen molar-refractivity contribution in [2.75, 3.05) is 20.2 Å². The van der Waals surface area contributed by atoms with E-state index < -0.39 is 10.0 Å². The minimum absolute atomic E-state index is 0.0286. The molecule has 5 nitrogen and oxygen atoms in total. The van der Waals surface area contributed by atoms with E-state index in [0.717, 1.165) is 0 Å². The van der Waals surface area contributed by atoms with Gasteiger partial charge >= 0.3 is 0 Å². The average molecular weight is 312 g/mol. The lowest BCUT2D eigenvalue weighted by Crippen LogP contribution is -2.53. The van der Waals surface area contributed by atoms with Crippen molar-refractivity contribution in [1.29, 1.82) is 0 Å². The van der Waals surface area contributed by atoms with Crippen molar-refractivity contribution in [3.8, 4) is 5.75 Å².